The molecule has 1 saturated heterocycles. The molecule has 0 saturated carbocycles. The summed E-state index contributed by atoms with van der Waals surface area (Å²) in [5.74, 6) is 0. The molecule has 0 amide bonds. The van der Waals surface area contributed by atoms with Gasteiger partial charge < -0.3 is 9.47 Å². The molecule has 4 rings (SSSR count). The molecular formula is C20H26N4S. The van der Waals surface area contributed by atoms with Crippen LogP contribution in [0.1, 0.15) is 38.2 Å². The zero-order valence-electron chi connectivity index (χ0n) is 14.9. The second-order valence-electron chi connectivity index (χ2n) is 6.94. The third kappa shape index (κ3) is 3.77. The van der Waals surface area contributed by atoms with E-state index in [2.05, 4.69) is 44.7 Å². The molecule has 4 heterocycles. The summed E-state index contributed by atoms with van der Waals surface area (Å²) in [7, 11) is 0. The van der Waals surface area contributed by atoms with Crippen LogP contribution >= 0.6 is 11.3 Å². The van der Waals surface area contributed by atoms with Crippen molar-refractivity contribution in [3.63, 3.8) is 0 Å². The minimum atomic E-state index is 1.05. The Morgan fingerprint density at radius 1 is 1.16 bits per heavy atom. The highest BCUT2D eigenvalue weighted by Gasteiger charge is 2.12. The van der Waals surface area contributed by atoms with Crippen LogP contribution < -0.4 is 0 Å². The number of imidazole rings is 1. The van der Waals surface area contributed by atoms with Crippen LogP contribution in [0.3, 0.4) is 0 Å². The summed E-state index contributed by atoms with van der Waals surface area (Å²) in [5.41, 5.74) is 3.59. The number of likely N-dealkylation sites (tertiary alicyclic amines) is 1. The quantitative estimate of drug-likeness (QED) is 0.622. The molecule has 5 heteroatoms. The molecule has 3 aromatic heterocycles. The van der Waals surface area contributed by atoms with Gasteiger partial charge in [-0.3, -0.25) is 4.98 Å². The molecule has 0 unspecified atom stereocenters. The Balaban J connectivity index is 1.46. The Morgan fingerprint density at radius 2 is 2.04 bits per heavy atom. The Bertz CT molecular complexity index is 829. The van der Waals surface area contributed by atoms with E-state index in [1.54, 1.807) is 0 Å². The number of nitrogens with zero attached hydrogens (tertiary/aromatic N) is 4. The van der Waals surface area contributed by atoms with Gasteiger partial charge in [-0.2, -0.15) is 0 Å². The topological polar surface area (TPSA) is 34.0 Å². The molecule has 0 bridgehead atoms. The number of hydrogen-bond acceptors (Lipinski definition) is 4. The van der Waals surface area contributed by atoms with Gasteiger partial charge >= 0.3 is 0 Å². The zero-order chi connectivity index (χ0) is 17.1. The van der Waals surface area contributed by atoms with Crippen molar-refractivity contribution in [1.82, 2.24) is 19.4 Å². The maximum absolute atomic E-state index is 4.64. The van der Waals surface area contributed by atoms with Gasteiger partial charge in [-0.25, -0.2) is 4.98 Å². The average Bonchev–Trinajstić information content (AvgIpc) is 3.36. The van der Waals surface area contributed by atoms with E-state index < -0.39 is 0 Å². The third-order valence-corrected chi connectivity index (χ3v) is 6.21. The van der Waals surface area contributed by atoms with Gasteiger partial charge in [-0.05, 0) is 63.0 Å². The maximum atomic E-state index is 4.64. The Hall–Kier alpha value is -1.72. The van der Waals surface area contributed by atoms with Crippen LogP contribution in [-0.2, 0) is 13.0 Å². The largest absolute Gasteiger partial charge is 0.337 e. The van der Waals surface area contributed by atoms with Gasteiger partial charge in [0.15, 0.2) is 0 Å². The summed E-state index contributed by atoms with van der Waals surface area (Å²) >= 11 is 1.83. The Labute approximate surface area is 153 Å². The Morgan fingerprint density at radius 3 is 2.88 bits per heavy atom. The van der Waals surface area contributed by atoms with E-state index >= 15 is 0 Å². The molecule has 0 atom stereocenters. The highest BCUT2D eigenvalue weighted by molar-refractivity contribution is 7.22. The summed E-state index contributed by atoms with van der Waals surface area (Å²) < 4.78 is 3.55. The first-order valence-electron chi connectivity index (χ1n) is 9.45. The molecule has 0 aliphatic carbocycles. The maximum Gasteiger partial charge on any atom is 0.0982 e. The fourth-order valence-corrected chi connectivity index (χ4v) is 4.79. The molecule has 1 aliphatic rings. The number of aromatic nitrogens is 3. The summed E-state index contributed by atoms with van der Waals surface area (Å²) in [4.78, 5) is 13.0. The molecule has 1 aliphatic heterocycles. The van der Waals surface area contributed by atoms with E-state index in [0.29, 0.717) is 0 Å². The lowest BCUT2D eigenvalue weighted by atomic mass is 10.1. The van der Waals surface area contributed by atoms with Gasteiger partial charge in [0.1, 0.15) is 0 Å². The first-order chi connectivity index (χ1) is 12.3. The van der Waals surface area contributed by atoms with E-state index in [4.69, 9.17) is 0 Å². The van der Waals surface area contributed by atoms with Gasteiger partial charge in [0.25, 0.3) is 0 Å². The molecule has 0 aromatic carbocycles. The minimum absolute atomic E-state index is 1.05. The molecule has 1 fully saturated rings. The summed E-state index contributed by atoms with van der Waals surface area (Å²) in [6, 6.07) is 4.35. The van der Waals surface area contributed by atoms with Crippen molar-refractivity contribution in [2.45, 2.75) is 45.6 Å². The van der Waals surface area contributed by atoms with Crippen molar-refractivity contribution in [2.75, 3.05) is 19.6 Å². The van der Waals surface area contributed by atoms with Crippen LogP contribution in [0, 0.1) is 0 Å². The molecule has 0 radical (unpaired) electrons. The number of rotatable bonds is 7. The standard InChI is InChI=1S/C20H26N4S/c1-2-6-16-7-8-21-17-13-19(25-20(16)17)18-14-24(15-22-18)12-5-11-23-9-3-4-10-23/h7-8,13-15H,2-6,9-12H2,1H3. The second-order valence-corrected chi connectivity index (χ2v) is 8.00. The van der Waals surface area contributed by atoms with E-state index in [0.717, 1.165) is 30.6 Å². The monoisotopic (exact) mass is 354 g/mol. The number of hydrogen-bond donors (Lipinski definition) is 0. The third-order valence-electron chi connectivity index (χ3n) is 4.99. The van der Waals surface area contributed by atoms with E-state index in [-0.39, 0.29) is 0 Å². The predicted molar refractivity (Wildman–Crippen MR) is 105 cm³/mol. The molecule has 0 spiro atoms. The van der Waals surface area contributed by atoms with Crippen LogP contribution in [0.15, 0.2) is 30.9 Å². The lowest BCUT2D eigenvalue weighted by Crippen LogP contribution is -2.21. The normalized spacial score (nSPS) is 15.4. The zero-order valence-corrected chi connectivity index (χ0v) is 15.8. The van der Waals surface area contributed by atoms with Gasteiger partial charge in [0.2, 0.25) is 0 Å². The number of pyridine rings is 1. The predicted octanol–water partition coefficient (Wildman–Crippen LogP) is 4.60. The van der Waals surface area contributed by atoms with E-state index in [9.17, 15) is 0 Å². The first kappa shape index (κ1) is 16.7. The smallest absolute Gasteiger partial charge is 0.0982 e. The number of aryl methyl sites for hydroxylation is 2. The van der Waals surface area contributed by atoms with Crippen LogP contribution in [0.25, 0.3) is 20.8 Å². The lowest BCUT2D eigenvalue weighted by Gasteiger charge is -2.13. The van der Waals surface area contributed by atoms with Crippen molar-refractivity contribution in [2.24, 2.45) is 0 Å². The van der Waals surface area contributed by atoms with Crippen LogP contribution in [0.4, 0.5) is 0 Å². The molecule has 0 N–H and O–H groups in total. The Kier molecular flexibility index (Phi) is 5.13. The van der Waals surface area contributed by atoms with Crippen molar-refractivity contribution in [3.05, 3.63) is 36.4 Å². The van der Waals surface area contributed by atoms with Gasteiger partial charge in [-0.1, -0.05) is 13.3 Å². The van der Waals surface area contributed by atoms with Crippen molar-refractivity contribution < 1.29 is 0 Å². The lowest BCUT2D eigenvalue weighted by molar-refractivity contribution is 0.325. The number of fused-ring (bicyclic) bond motifs is 1. The van der Waals surface area contributed by atoms with Crippen molar-refractivity contribution >= 4 is 21.6 Å². The van der Waals surface area contributed by atoms with Gasteiger partial charge in [0.05, 0.1) is 27.1 Å². The SMILES string of the molecule is CCCc1ccnc2cc(-c3cn(CCCN4CCCC4)cn3)sc12. The van der Waals surface area contributed by atoms with Crippen molar-refractivity contribution in [3.8, 4) is 10.6 Å². The fraction of sp³-hybridized carbons (Fsp3) is 0.500. The van der Waals surface area contributed by atoms with E-state index in [1.807, 2.05) is 23.9 Å². The van der Waals surface area contributed by atoms with Gasteiger partial charge in [-0.15, -0.1) is 11.3 Å². The minimum Gasteiger partial charge on any atom is -0.337 e. The molecule has 25 heavy (non-hydrogen) atoms. The van der Waals surface area contributed by atoms with Crippen molar-refractivity contribution in [1.29, 1.82) is 0 Å². The molecule has 4 nitrogen and oxygen atoms in total. The average molecular weight is 355 g/mol. The van der Waals surface area contributed by atoms with Gasteiger partial charge in [0, 0.05) is 18.9 Å². The summed E-state index contributed by atoms with van der Waals surface area (Å²) in [6.45, 7) is 7.05. The summed E-state index contributed by atoms with van der Waals surface area (Å²) in [6.07, 6.45) is 12.3. The molecular weight excluding hydrogens is 328 g/mol. The number of thiophene rings is 1. The van der Waals surface area contributed by atoms with Crippen LogP contribution in [-0.4, -0.2) is 39.1 Å². The highest BCUT2D eigenvalue weighted by Crippen LogP contribution is 2.34. The first-order valence-corrected chi connectivity index (χ1v) is 10.3. The highest BCUT2D eigenvalue weighted by atomic mass is 32.1. The fourth-order valence-electron chi connectivity index (χ4n) is 3.68. The van der Waals surface area contributed by atoms with E-state index in [1.165, 1.54) is 54.0 Å². The molecule has 3 aromatic rings. The van der Waals surface area contributed by atoms with Crippen LogP contribution in [0.2, 0.25) is 0 Å². The van der Waals surface area contributed by atoms with Crippen LogP contribution in [0.5, 0.6) is 0 Å². The summed E-state index contributed by atoms with van der Waals surface area (Å²) in [5, 5.41) is 0. The molecule has 132 valence electrons. The second kappa shape index (κ2) is 7.67.